The van der Waals surface area contributed by atoms with Crippen LogP contribution in [-0.2, 0) is 0 Å². The fourth-order valence-electron chi connectivity index (χ4n) is 1.76. The second kappa shape index (κ2) is 11.0. The van der Waals surface area contributed by atoms with Crippen molar-refractivity contribution in [2.75, 3.05) is 0 Å². The highest BCUT2D eigenvalue weighted by Gasteiger charge is 2.14. The Hall–Kier alpha value is -5.82. The van der Waals surface area contributed by atoms with Crippen LogP contribution >= 0.6 is 0 Å². The van der Waals surface area contributed by atoms with Crippen LogP contribution < -0.4 is 0 Å². The number of benzene rings is 1. The molecular formula is C18H6N12. The Morgan fingerprint density at radius 3 is 1.27 bits per heavy atom. The number of hydrogen-bond acceptors (Lipinski definition) is 12. The predicted molar refractivity (Wildman–Crippen MR) is 106 cm³/mol. The van der Waals surface area contributed by atoms with Crippen molar-refractivity contribution in [2.45, 2.75) is 0 Å². The van der Waals surface area contributed by atoms with Crippen molar-refractivity contribution >= 4 is 58.0 Å². The molecule has 12 heteroatoms. The molecule has 1 rings (SSSR count). The third-order valence-electron chi connectivity index (χ3n) is 2.97. The summed E-state index contributed by atoms with van der Waals surface area (Å²) in [5, 5.41) is 68.3. The van der Waals surface area contributed by atoms with Crippen molar-refractivity contribution in [1.82, 2.24) is 0 Å². The highest BCUT2D eigenvalue weighted by atomic mass is 14.9. The molecule has 0 radical (unpaired) electrons. The number of hydrogen-bond donors (Lipinski definition) is 2. The SMILES string of the molecule is N#C/C=N/c1cc(/N=C(/C#N)C(=N)C#N)c(/N=C(/C#N)C(=N)C#N)cc1/N=C/C#N. The zero-order valence-corrected chi connectivity index (χ0v) is 14.8. The molecule has 0 saturated heterocycles. The molecule has 2 N–H and O–H groups in total. The van der Waals surface area contributed by atoms with E-state index in [1.165, 1.54) is 24.3 Å². The lowest BCUT2D eigenvalue weighted by molar-refractivity contribution is 1.39. The third-order valence-corrected chi connectivity index (χ3v) is 2.97. The Morgan fingerprint density at radius 2 is 1.00 bits per heavy atom. The smallest absolute Gasteiger partial charge is 0.176 e. The van der Waals surface area contributed by atoms with Crippen molar-refractivity contribution in [3.63, 3.8) is 0 Å². The summed E-state index contributed by atoms with van der Waals surface area (Å²) >= 11 is 0. The molecule has 0 unspecified atom stereocenters. The first kappa shape index (κ1) is 22.2. The van der Waals surface area contributed by atoms with E-state index in [2.05, 4.69) is 20.0 Å². The van der Waals surface area contributed by atoms with Gasteiger partial charge in [-0.3, -0.25) is 10.8 Å². The van der Waals surface area contributed by atoms with E-state index in [9.17, 15) is 0 Å². The molecule has 0 amide bonds. The molecule has 0 aliphatic heterocycles. The van der Waals surface area contributed by atoms with E-state index in [4.69, 9.17) is 42.4 Å². The van der Waals surface area contributed by atoms with E-state index < -0.39 is 22.8 Å². The fourth-order valence-corrected chi connectivity index (χ4v) is 1.76. The molecule has 0 aliphatic rings. The molecule has 1 aromatic rings. The number of nitrogens with one attached hydrogen (secondary N) is 2. The maximum absolute atomic E-state index is 9.15. The highest BCUT2D eigenvalue weighted by Crippen LogP contribution is 2.40. The molecule has 0 aliphatic carbocycles. The lowest BCUT2D eigenvalue weighted by Gasteiger charge is -2.07. The summed E-state index contributed by atoms with van der Waals surface area (Å²) in [6, 6.07) is 11.8. The van der Waals surface area contributed by atoms with Gasteiger partial charge in [-0.25, -0.2) is 20.0 Å². The second-order valence-electron chi connectivity index (χ2n) is 4.72. The lowest BCUT2D eigenvalue weighted by Crippen LogP contribution is -2.08. The van der Waals surface area contributed by atoms with Gasteiger partial charge in [0.05, 0.1) is 22.7 Å². The van der Waals surface area contributed by atoms with Gasteiger partial charge in [-0.1, -0.05) is 0 Å². The first-order valence-electron chi connectivity index (χ1n) is 7.43. The van der Waals surface area contributed by atoms with Gasteiger partial charge in [-0.05, 0) is 12.1 Å². The Kier molecular flexibility index (Phi) is 8.16. The average Bonchev–Trinajstić information content (AvgIpc) is 2.77. The Bertz CT molecular complexity index is 1180. The maximum Gasteiger partial charge on any atom is 0.176 e. The van der Waals surface area contributed by atoms with E-state index >= 15 is 0 Å². The minimum Gasteiger partial charge on any atom is -0.288 e. The maximum atomic E-state index is 9.15. The van der Waals surface area contributed by atoms with E-state index in [1.54, 1.807) is 24.3 Å². The number of nitriles is 6. The zero-order chi connectivity index (χ0) is 22.5. The van der Waals surface area contributed by atoms with Gasteiger partial charge in [-0.2, -0.15) is 31.6 Å². The standard InChI is InChI=1S/C18H6N12/c19-1-3-27-13-5-15(29-17(9-23)11(25)7-21)16(6-14(13)28-4-2-20)30-18(10-24)12(26)8-22/h3-6,25-26H/b25-11?,26-12?,27-3+,28-4+,29-17-,30-18-. The molecule has 0 saturated carbocycles. The van der Waals surface area contributed by atoms with Crippen molar-refractivity contribution in [1.29, 1.82) is 42.4 Å². The van der Waals surface area contributed by atoms with Crippen LogP contribution in [-0.4, -0.2) is 35.3 Å². The third kappa shape index (κ3) is 5.59. The average molecular weight is 390 g/mol. The summed E-state index contributed by atoms with van der Waals surface area (Å²) in [6.07, 6.45) is 1.73. The minimum atomic E-state index is -0.744. The van der Waals surface area contributed by atoms with Gasteiger partial charge in [0.15, 0.2) is 22.8 Å². The van der Waals surface area contributed by atoms with Crippen LogP contribution in [0.1, 0.15) is 0 Å². The van der Waals surface area contributed by atoms with Crippen LogP contribution in [0.4, 0.5) is 22.7 Å². The summed E-state index contributed by atoms with van der Waals surface area (Å²) in [7, 11) is 0. The molecule has 12 nitrogen and oxygen atoms in total. The van der Waals surface area contributed by atoms with Crippen LogP contribution in [0.5, 0.6) is 0 Å². The van der Waals surface area contributed by atoms with Crippen LogP contribution in [0.25, 0.3) is 0 Å². The Labute approximate surface area is 169 Å². The van der Waals surface area contributed by atoms with Crippen LogP contribution in [0, 0.1) is 78.8 Å². The Balaban J connectivity index is 4.01. The quantitative estimate of drug-likeness (QED) is 0.690. The van der Waals surface area contributed by atoms with Crippen LogP contribution in [0.2, 0.25) is 0 Å². The Morgan fingerprint density at radius 1 is 0.633 bits per heavy atom. The lowest BCUT2D eigenvalue weighted by atomic mass is 10.2. The number of aliphatic imine (C=N–C) groups is 4. The van der Waals surface area contributed by atoms with Crippen LogP contribution in [0.15, 0.2) is 32.1 Å². The van der Waals surface area contributed by atoms with E-state index in [-0.39, 0.29) is 22.7 Å². The van der Waals surface area contributed by atoms with Crippen molar-refractivity contribution in [2.24, 2.45) is 20.0 Å². The molecule has 30 heavy (non-hydrogen) atoms. The largest absolute Gasteiger partial charge is 0.288 e. The summed E-state index contributed by atoms with van der Waals surface area (Å²) in [6.45, 7) is 0. The second-order valence-corrected chi connectivity index (χ2v) is 4.72. The predicted octanol–water partition coefficient (Wildman–Crippen LogP) is 2.42. The monoisotopic (exact) mass is 390 g/mol. The van der Waals surface area contributed by atoms with Crippen molar-refractivity contribution < 1.29 is 0 Å². The summed E-state index contributed by atoms with van der Waals surface area (Å²) in [5.74, 6) is 0. The summed E-state index contributed by atoms with van der Waals surface area (Å²) in [4.78, 5) is 15.4. The number of rotatable bonds is 6. The first-order chi connectivity index (χ1) is 14.4. The van der Waals surface area contributed by atoms with Gasteiger partial charge in [0.2, 0.25) is 0 Å². The van der Waals surface area contributed by atoms with Crippen molar-refractivity contribution in [3.05, 3.63) is 12.1 Å². The van der Waals surface area contributed by atoms with Gasteiger partial charge in [0.1, 0.15) is 48.8 Å². The van der Waals surface area contributed by atoms with Gasteiger partial charge < -0.3 is 0 Å². The molecule has 0 heterocycles. The molecule has 0 spiro atoms. The molecular weight excluding hydrogens is 384 g/mol. The fraction of sp³-hybridized carbons (Fsp3) is 0. The minimum absolute atomic E-state index is 0.0235. The molecule has 0 fully saturated rings. The van der Waals surface area contributed by atoms with Crippen molar-refractivity contribution in [3.8, 4) is 36.4 Å². The first-order valence-corrected chi connectivity index (χ1v) is 7.43. The molecule has 0 atom stereocenters. The highest BCUT2D eigenvalue weighted by molar-refractivity contribution is 6.53. The molecule has 0 bridgehead atoms. The zero-order valence-electron chi connectivity index (χ0n) is 14.8. The summed E-state index contributed by atoms with van der Waals surface area (Å²) in [5.41, 5.74) is -2.92. The summed E-state index contributed by atoms with van der Waals surface area (Å²) < 4.78 is 0. The van der Waals surface area contributed by atoms with Crippen LogP contribution in [0.3, 0.4) is 0 Å². The normalized spacial score (nSPS) is 10.9. The van der Waals surface area contributed by atoms with E-state index in [0.717, 1.165) is 12.4 Å². The van der Waals surface area contributed by atoms with E-state index in [0.29, 0.717) is 0 Å². The molecule has 138 valence electrons. The molecule has 1 aromatic carbocycles. The van der Waals surface area contributed by atoms with Gasteiger partial charge in [0.25, 0.3) is 0 Å². The van der Waals surface area contributed by atoms with E-state index in [1.807, 2.05) is 0 Å². The number of nitrogens with zero attached hydrogens (tertiary/aromatic N) is 10. The van der Waals surface area contributed by atoms with Gasteiger partial charge in [0, 0.05) is 0 Å². The topological polar surface area (TPSA) is 240 Å². The van der Waals surface area contributed by atoms with Gasteiger partial charge in [-0.15, -0.1) is 0 Å². The molecule has 0 aromatic heterocycles. The van der Waals surface area contributed by atoms with Gasteiger partial charge >= 0.3 is 0 Å².